The molecule has 2 aromatic rings. The van der Waals surface area contributed by atoms with Crippen LogP contribution >= 0.6 is 0 Å². The molecule has 0 saturated carbocycles. The first-order valence-electron chi connectivity index (χ1n) is 24.1. The van der Waals surface area contributed by atoms with Crippen molar-refractivity contribution in [2.24, 2.45) is 17.8 Å². The fourth-order valence-electron chi connectivity index (χ4n) is 13.9. The van der Waals surface area contributed by atoms with Gasteiger partial charge in [-0.25, -0.2) is 0 Å². The van der Waals surface area contributed by atoms with Gasteiger partial charge in [-0.3, -0.25) is 4.90 Å². The Hall–Kier alpha value is -4.92. The first-order chi connectivity index (χ1) is 30.0. The van der Waals surface area contributed by atoms with Gasteiger partial charge in [0.1, 0.15) is 0 Å². The highest BCUT2D eigenvalue weighted by molar-refractivity contribution is 5.66. The Kier molecular flexibility index (Phi) is 9.40. The number of likely N-dealkylation sites (tertiary alicyclic amines) is 1. The first kappa shape index (κ1) is 37.8. The van der Waals surface area contributed by atoms with Gasteiger partial charge in [0.05, 0.1) is 6.04 Å². The number of aryl methyl sites for hydroxylation is 1. The van der Waals surface area contributed by atoms with Crippen molar-refractivity contribution in [3.05, 3.63) is 208 Å². The smallest absolute Gasteiger partial charge is 0.0560 e. The first-order valence-corrected chi connectivity index (χ1v) is 24.1. The zero-order chi connectivity index (χ0) is 40.7. The van der Waals surface area contributed by atoms with Crippen LogP contribution in [0, 0.1) is 17.8 Å². The molecular weight excluding hydrogens is 737 g/mol. The molecule has 1 heterocycles. The number of benzene rings is 2. The van der Waals surface area contributed by atoms with Gasteiger partial charge in [-0.2, -0.15) is 0 Å². The maximum Gasteiger partial charge on any atom is 0.0560 e. The molecule has 2 heteroatoms. The molecule has 10 aliphatic rings. The molecule has 9 aliphatic carbocycles. The van der Waals surface area contributed by atoms with E-state index in [-0.39, 0.29) is 11.5 Å². The van der Waals surface area contributed by atoms with Crippen LogP contribution in [-0.2, 0) is 11.8 Å². The molecular formula is C59H62N2. The quantitative estimate of drug-likeness (QED) is 0.269. The Morgan fingerprint density at radius 1 is 0.721 bits per heavy atom. The van der Waals surface area contributed by atoms with Gasteiger partial charge in [-0.05, 0) is 145 Å². The number of rotatable bonds is 6. The van der Waals surface area contributed by atoms with Crippen LogP contribution in [0.1, 0.15) is 112 Å². The van der Waals surface area contributed by atoms with Crippen molar-refractivity contribution in [1.82, 2.24) is 4.90 Å². The fraction of sp³-hybridized carbons (Fsp3) is 0.390. The molecule has 61 heavy (non-hydrogen) atoms. The van der Waals surface area contributed by atoms with Gasteiger partial charge in [0.25, 0.3) is 0 Å². The molecule has 0 spiro atoms. The molecule has 1 saturated heterocycles. The third-order valence-corrected chi connectivity index (χ3v) is 16.8. The number of allylic oxidation sites excluding steroid dienone is 15. The summed E-state index contributed by atoms with van der Waals surface area (Å²) in [5.41, 5.74) is 16.5. The summed E-state index contributed by atoms with van der Waals surface area (Å²) in [6.07, 6.45) is 57.7. The second kappa shape index (κ2) is 15.2. The van der Waals surface area contributed by atoms with Crippen molar-refractivity contribution in [2.45, 2.75) is 126 Å². The normalized spacial score (nSPS) is 33.8. The third kappa shape index (κ3) is 6.29. The standard InChI is InChI=1S/C59H62N2/c1-59(2)55-23-9-7-20-51(55)52-36-34-47(38-56(52)59)60(45-32-27-42(28-33-45)49-22-12-15-40-13-3-5-18-48(40)49)44-30-25-39(26-31-44)43-16-11-17-46(37-43)61-57-24-10-8-21-53(57)54-35-29-41-14-4-6-19-50(41)58(54)61/h3,5,7-9,11,13-14,16-19,21,23,25-27,29-30,32-36,38,42,44,46,49,51,53-54,57-58H,4,6,10,12,15,20,22,24,28,31,37H2,1-2H3. The molecule has 0 bridgehead atoms. The molecule has 0 radical (unpaired) electrons. The molecule has 2 aromatic carbocycles. The summed E-state index contributed by atoms with van der Waals surface area (Å²) >= 11 is 0. The topological polar surface area (TPSA) is 6.48 Å². The Labute approximate surface area is 365 Å². The fourth-order valence-corrected chi connectivity index (χ4v) is 13.9. The summed E-state index contributed by atoms with van der Waals surface area (Å²) in [7, 11) is 0. The lowest BCUT2D eigenvalue weighted by atomic mass is 9.73. The van der Waals surface area contributed by atoms with E-state index in [1.165, 1.54) is 84.2 Å². The molecule has 0 aromatic heterocycles. The molecule has 9 atom stereocenters. The van der Waals surface area contributed by atoms with Gasteiger partial charge in [-0.15, -0.1) is 0 Å². The van der Waals surface area contributed by atoms with Crippen molar-refractivity contribution >= 4 is 5.69 Å². The van der Waals surface area contributed by atoms with Crippen molar-refractivity contribution in [1.29, 1.82) is 0 Å². The lowest BCUT2D eigenvalue weighted by molar-refractivity contribution is 0.151. The van der Waals surface area contributed by atoms with E-state index >= 15 is 0 Å². The van der Waals surface area contributed by atoms with Crippen molar-refractivity contribution < 1.29 is 0 Å². The largest absolute Gasteiger partial charge is 0.335 e. The summed E-state index contributed by atoms with van der Waals surface area (Å²) in [5.74, 6) is 2.85. The lowest BCUT2D eigenvalue weighted by Gasteiger charge is -2.41. The summed E-state index contributed by atoms with van der Waals surface area (Å²) in [6, 6.07) is 18.5. The highest BCUT2D eigenvalue weighted by Crippen LogP contribution is 2.55. The highest BCUT2D eigenvalue weighted by Gasteiger charge is 2.52. The Morgan fingerprint density at radius 2 is 1.64 bits per heavy atom. The van der Waals surface area contributed by atoms with Gasteiger partial charge in [0.2, 0.25) is 0 Å². The summed E-state index contributed by atoms with van der Waals surface area (Å²) in [6.45, 7) is 4.90. The van der Waals surface area contributed by atoms with Crippen LogP contribution in [-0.4, -0.2) is 29.1 Å². The second-order valence-corrected chi connectivity index (χ2v) is 20.2. The molecule has 0 amide bonds. The predicted molar refractivity (Wildman–Crippen MR) is 255 cm³/mol. The van der Waals surface area contributed by atoms with Crippen molar-refractivity contribution in [3.63, 3.8) is 0 Å². The summed E-state index contributed by atoms with van der Waals surface area (Å²) in [4.78, 5) is 5.67. The van der Waals surface area contributed by atoms with E-state index < -0.39 is 0 Å². The Balaban J connectivity index is 0.831. The molecule has 2 nitrogen and oxygen atoms in total. The molecule has 12 rings (SSSR count). The van der Waals surface area contributed by atoms with Gasteiger partial charge in [0.15, 0.2) is 0 Å². The molecule has 0 N–H and O–H groups in total. The maximum absolute atomic E-state index is 2.98. The minimum absolute atomic E-state index is 0.0261. The predicted octanol–water partition coefficient (Wildman–Crippen LogP) is 13.7. The van der Waals surface area contributed by atoms with Crippen molar-refractivity contribution in [2.75, 3.05) is 4.90 Å². The summed E-state index contributed by atoms with van der Waals surface area (Å²) < 4.78 is 0. The molecule has 308 valence electrons. The zero-order valence-electron chi connectivity index (χ0n) is 36.3. The minimum Gasteiger partial charge on any atom is -0.335 e. The number of anilines is 1. The molecule has 1 aliphatic heterocycles. The van der Waals surface area contributed by atoms with Crippen LogP contribution in [0.4, 0.5) is 5.69 Å². The van der Waals surface area contributed by atoms with Crippen LogP contribution in [0.25, 0.3) is 0 Å². The number of hydrogen-bond donors (Lipinski definition) is 0. The SMILES string of the molecule is CC1(C)C2=CC=CCC2c2ccc(N(C3=CCC(C4CCCc5ccccc54)C=C3)C3C=CC(C4=CC=CC(N5C6CCC=CC6C6C=CC7=CCCC=C7C65)C4)=CC3)cc21. The van der Waals surface area contributed by atoms with Gasteiger partial charge < -0.3 is 4.90 Å². The third-order valence-electron chi connectivity index (χ3n) is 16.8. The van der Waals surface area contributed by atoms with E-state index in [0.717, 1.165) is 25.7 Å². The van der Waals surface area contributed by atoms with Gasteiger partial charge in [-0.1, -0.05) is 153 Å². The molecule has 9 unspecified atom stereocenters. The minimum atomic E-state index is 0.0261. The maximum atomic E-state index is 2.98. The number of fused-ring (bicyclic) bond motifs is 9. The van der Waals surface area contributed by atoms with Crippen LogP contribution in [0.5, 0.6) is 0 Å². The number of hydrogen-bond acceptors (Lipinski definition) is 2. The summed E-state index contributed by atoms with van der Waals surface area (Å²) in [5, 5.41) is 0. The van der Waals surface area contributed by atoms with Crippen LogP contribution in [0.15, 0.2) is 185 Å². The van der Waals surface area contributed by atoms with E-state index in [1.807, 2.05) is 0 Å². The van der Waals surface area contributed by atoms with E-state index in [1.54, 1.807) is 22.3 Å². The van der Waals surface area contributed by atoms with Gasteiger partial charge in [0, 0.05) is 52.7 Å². The lowest BCUT2D eigenvalue weighted by Crippen LogP contribution is -2.47. The number of nitrogens with zero attached hydrogens (tertiary/aromatic N) is 2. The van der Waals surface area contributed by atoms with Crippen LogP contribution < -0.4 is 4.90 Å². The Morgan fingerprint density at radius 3 is 2.54 bits per heavy atom. The monoisotopic (exact) mass is 798 g/mol. The van der Waals surface area contributed by atoms with Crippen LogP contribution in [0.2, 0.25) is 0 Å². The van der Waals surface area contributed by atoms with E-state index in [0.29, 0.717) is 47.7 Å². The van der Waals surface area contributed by atoms with E-state index in [9.17, 15) is 0 Å². The second-order valence-electron chi connectivity index (χ2n) is 20.2. The van der Waals surface area contributed by atoms with E-state index in [4.69, 9.17) is 0 Å². The Bertz CT molecular complexity index is 2510. The van der Waals surface area contributed by atoms with Crippen molar-refractivity contribution in [3.8, 4) is 0 Å². The van der Waals surface area contributed by atoms with Crippen LogP contribution in [0.3, 0.4) is 0 Å². The zero-order valence-corrected chi connectivity index (χ0v) is 36.3. The van der Waals surface area contributed by atoms with E-state index in [2.05, 4.69) is 175 Å². The highest BCUT2D eigenvalue weighted by atomic mass is 15.3. The average Bonchev–Trinajstić information content (AvgIpc) is 3.78. The van der Waals surface area contributed by atoms with Gasteiger partial charge >= 0.3 is 0 Å². The average molecular weight is 799 g/mol. The molecule has 1 fully saturated rings.